The Labute approximate surface area is 94.8 Å². The minimum absolute atomic E-state index is 0.544. The van der Waals surface area contributed by atoms with E-state index in [2.05, 4.69) is 27.7 Å². The highest BCUT2D eigenvalue weighted by molar-refractivity contribution is 5.07. The predicted octanol–water partition coefficient (Wildman–Crippen LogP) is 4.49. The molecule has 0 heterocycles. The monoisotopic (exact) mass is 206 g/mol. The standard InChI is InChI=1S/C15H26/c1-10-12-5-11-6-13(10)9-15(7-11,8-12)14(2,3)4/h10-13H,5-9H2,1-4H3. The van der Waals surface area contributed by atoms with Crippen molar-refractivity contribution >= 4 is 0 Å². The van der Waals surface area contributed by atoms with Gasteiger partial charge in [-0.1, -0.05) is 27.7 Å². The average Bonchev–Trinajstić information content (AvgIpc) is 2.10. The Bertz CT molecular complexity index is 254. The van der Waals surface area contributed by atoms with Gasteiger partial charge in [-0.25, -0.2) is 0 Å². The smallest absolute Gasteiger partial charge is 0.0241 e. The van der Waals surface area contributed by atoms with Crippen molar-refractivity contribution in [1.29, 1.82) is 0 Å². The van der Waals surface area contributed by atoms with Crippen molar-refractivity contribution in [2.24, 2.45) is 34.5 Å². The molecule has 0 N–H and O–H groups in total. The predicted molar refractivity (Wildman–Crippen MR) is 64.6 cm³/mol. The molecule has 2 unspecified atom stereocenters. The van der Waals surface area contributed by atoms with E-state index in [-0.39, 0.29) is 0 Å². The van der Waals surface area contributed by atoms with Crippen molar-refractivity contribution in [2.75, 3.05) is 0 Å². The lowest BCUT2D eigenvalue weighted by Gasteiger charge is -2.64. The van der Waals surface area contributed by atoms with E-state index in [1.807, 2.05) is 0 Å². The molecule has 86 valence electrons. The summed E-state index contributed by atoms with van der Waals surface area (Å²) in [6.45, 7) is 10.0. The second kappa shape index (κ2) is 2.81. The molecule has 15 heavy (non-hydrogen) atoms. The summed E-state index contributed by atoms with van der Waals surface area (Å²) in [4.78, 5) is 0. The number of rotatable bonds is 0. The Morgan fingerprint density at radius 3 is 1.93 bits per heavy atom. The SMILES string of the molecule is CC1C2CC3CC1CC(C(C)(C)C)(C3)C2. The Morgan fingerprint density at radius 2 is 1.47 bits per heavy atom. The summed E-state index contributed by atoms with van der Waals surface area (Å²) in [5.74, 6) is 4.29. The Hall–Kier alpha value is 0. The lowest BCUT2D eigenvalue weighted by Crippen LogP contribution is -2.54. The molecule has 0 nitrogen and oxygen atoms in total. The van der Waals surface area contributed by atoms with Crippen molar-refractivity contribution < 1.29 is 0 Å². The molecular weight excluding hydrogens is 180 g/mol. The van der Waals surface area contributed by atoms with Gasteiger partial charge in [0.2, 0.25) is 0 Å². The molecule has 0 heteroatoms. The fourth-order valence-electron chi connectivity index (χ4n) is 5.20. The van der Waals surface area contributed by atoms with Crippen LogP contribution in [0.15, 0.2) is 0 Å². The molecule has 4 bridgehead atoms. The molecule has 0 saturated heterocycles. The third-order valence-corrected chi connectivity index (χ3v) is 6.34. The number of hydrogen-bond acceptors (Lipinski definition) is 0. The van der Waals surface area contributed by atoms with Crippen LogP contribution in [0, 0.1) is 34.5 Å². The molecule has 4 rings (SSSR count). The fraction of sp³-hybridized carbons (Fsp3) is 1.00. The summed E-state index contributed by atoms with van der Waals surface area (Å²) in [6, 6.07) is 0. The van der Waals surface area contributed by atoms with Gasteiger partial charge in [0.1, 0.15) is 0 Å². The highest BCUT2D eigenvalue weighted by Crippen LogP contribution is 2.67. The van der Waals surface area contributed by atoms with E-state index in [0.29, 0.717) is 5.41 Å². The molecule has 0 aromatic carbocycles. The summed E-state index contributed by atoms with van der Waals surface area (Å²) in [7, 11) is 0. The first-order chi connectivity index (χ1) is 6.91. The summed E-state index contributed by atoms with van der Waals surface area (Å²) >= 11 is 0. The molecular formula is C15H26. The average molecular weight is 206 g/mol. The van der Waals surface area contributed by atoms with Gasteiger partial charge in [0.05, 0.1) is 0 Å². The quantitative estimate of drug-likeness (QED) is 0.547. The first-order valence-corrected chi connectivity index (χ1v) is 6.91. The molecule has 0 spiro atoms. The van der Waals surface area contributed by atoms with E-state index in [0.717, 1.165) is 29.1 Å². The van der Waals surface area contributed by atoms with E-state index in [1.165, 1.54) is 0 Å². The molecule has 2 atom stereocenters. The fourth-order valence-corrected chi connectivity index (χ4v) is 5.20. The van der Waals surface area contributed by atoms with Gasteiger partial charge in [0.25, 0.3) is 0 Å². The van der Waals surface area contributed by atoms with E-state index < -0.39 is 0 Å². The van der Waals surface area contributed by atoms with Crippen molar-refractivity contribution in [1.82, 2.24) is 0 Å². The van der Waals surface area contributed by atoms with Crippen molar-refractivity contribution in [3.8, 4) is 0 Å². The first-order valence-electron chi connectivity index (χ1n) is 6.91. The van der Waals surface area contributed by atoms with Crippen LogP contribution in [0.2, 0.25) is 0 Å². The van der Waals surface area contributed by atoms with Gasteiger partial charge in [0, 0.05) is 0 Å². The van der Waals surface area contributed by atoms with Crippen molar-refractivity contribution in [3.05, 3.63) is 0 Å². The Morgan fingerprint density at radius 1 is 0.933 bits per heavy atom. The van der Waals surface area contributed by atoms with E-state index in [9.17, 15) is 0 Å². The largest absolute Gasteiger partial charge is 0.0620 e. The highest BCUT2D eigenvalue weighted by Gasteiger charge is 2.57. The maximum absolute atomic E-state index is 2.53. The second-order valence-electron chi connectivity index (χ2n) is 7.86. The third-order valence-electron chi connectivity index (χ3n) is 6.34. The van der Waals surface area contributed by atoms with Crippen LogP contribution in [0.3, 0.4) is 0 Å². The third kappa shape index (κ3) is 1.26. The van der Waals surface area contributed by atoms with E-state index in [4.69, 9.17) is 0 Å². The van der Waals surface area contributed by atoms with Crippen LogP contribution in [-0.4, -0.2) is 0 Å². The van der Waals surface area contributed by atoms with Crippen LogP contribution in [0.4, 0.5) is 0 Å². The zero-order valence-corrected chi connectivity index (χ0v) is 10.8. The second-order valence-corrected chi connectivity index (χ2v) is 7.86. The minimum Gasteiger partial charge on any atom is -0.0620 e. The van der Waals surface area contributed by atoms with Gasteiger partial charge in [0.15, 0.2) is 0 Å². The van der Waals surface area contributed by atoms with E-state index >= 15 is 0 Å². The van der Waals surface area contributed by atoms with Crippen LogP contribution in [0.25, 0.3) is 0 Å². The van der Waals surface area contributed by atoms with E-state index in [1.54, 1.807) is 32.1 Å². The molecule has 4 aliphatic rings. The topological polar surface area (TPSA) is 0 Å². The van der Waals surface area contributed by atoms with Gasteiger partial charge < -0.3 is 0 Å². The highest BCUT2D eigenvalue weighted by atomic mass is 14.6. The first kappa shape index (κ1) is 10.2. The zero-order chi connectivity index (χ0) is 10.8. The van der Waals surface area contributed by atoms with Gasteiger partial charge in [-0.05, 0) is 66.6 Å². The Kier molecular flexibility index (Phi) is 1.91. The van der Waals surface area contributed by atoms with Crippen LogP contribution < -0.4 is 0 Å². The van der Waals surface area contributed by atoms with Gasteiger partial charge in [-0.15, -0.1) is 0 Å². The molecule has 0 aromatic rings. The summed E-state index contributed by atoms with van der Waals surface area (Å²) < 4.78 is 0. The normalized spacial score (nSPS) is 53.6. The number of hydrogen-bond donors (Lipinski definition) is 0. The van der Waals surface area contributed by atoms with Gasteiger partial charge >= 0.3 is 0 Å². The molecule has 4 saturated carbocycles. The van der Waals surface area contributed by atoms with Crippen LogP contribution in [-0.2, 0) is 0 Å². The van der Waals surface area contributed by atoms with Crippen LogP contribution in [0.1, 0.15) is 59.8 Å². The van der Waals surface area contributed by atoms with Crippen molar-refractivity contribution in [3.63, 3.8) is 0 Å². The molecule has 4 fully saturated rings. The van der Waals surface area contributed by atoms with Gasteiger partial charge in [-0.3, -0.25) is 0 Å². The van der Waals surface area contributed by atoms with Crippen molar-refractivity contribution in [2.45, 2.75) is 59.8 Å². The molecule has 0 amide bonds. The lowest BCUT2D eigenvalue weighted by atomic mass is 9.41. The summed E-state index contributed by atoms with van der Waals surface area (Å²) in [5.41, 5.74) is 1.26. The lowest BCUT2D eigenvalue weighted by molar-refractivity contribution is -0.139. The minimum atomic E-state index is 0.544. The summed E-state index contributed by atoms with van der Waals surface area (Å²) in [6.07, 6.45) is 7.77. The summed E-state index contributed by atoms with van der Waals surface area (Å²) in [5, 5.41) is 0. The van der Waals surface area contributed by atoms with Crippen LogP contribution >= 0.6 is 0 Å². The molecule has 0 aliphatic heterocycles. The molecule has 0 aromatic heterocycles. The van der Waals surface area contributed by atoms with Gasteiger partial charge in [-0.2, -0.15) is 0 Å². The molecule has 0 radical (unpaired) electrons. The molecule has 4 aliphatic carbocycles. The maximum atomic E-state index is 2.53. The van der Waals surface area contributed by atoms with Crippen LogP contribution in [0.5, 0.6) is 0 Å². The maximum Gasteiger partial charge on any atom is -0.0241 e. The zero-order valence-electron chi connectivity index (χ0n) is 10.8. The Balaban J connectivity index is 1.96.